The zero-order chi connectivity index (χ0) is 10.9. The molecular weight excluding hydrogens is 250 g/mol. The number of benzene rings is 1. The Hall–Kier alpha value is -0.450. The third-order valence-electron chi connectivity index (χ3n) is 1.91. The molecule has 1 rings (SSSR count). The van der Waals surface area contributed by atoms with Crippen LogP contribution in [0.2, 0.25) is 5.02 Å². The minimum atomic E-state index is -4.43. The highest BCUT2D eigenvalue weighted by Crippen LogP contribution is 2.32. The highest BCUT2D eigenvalue weighted by Gasteiger charge is 2.37. The van der Waals surface area contributed by atoms with Crippen LogP contribution in [0.15, 0.2) is 18.2 Å². The van der Waals surface area contributed by atoms with Crippen molar-refractivity contribution in [3.63, 3.8) is 0 Å². The van der Waals surface area contributed by atoms with Crippen LogP contribution in [0.4, 0.5) is 13.2 Å². The molecule has 1 atom stereocenters. The molecule has 15 heavy (non-hydrogen) atoms. The molecule has 0 radical (unpaired) electrons. The summed E-state index contributed by atoms with van der Waals surface area (Å²) in [6, 6.07) is 2.12. The Morgan fingerprint density at radius 2 is 1.87 bits per heavy atom. The third kappa shape index (κ3) is 3.55. The van der Waals surface area contributed by atoms with Gasteiger partial charge in [0.1, 0.15) is 6.04 Å². The first kappa shape index (κ1) is 14.5. The maximum Gasteiger partial charge on any atom is 0.407 e. The molecule has 0 fully saturated rings. The van der Waals surface area contributed by atoms with Gasteiger partial charge in [0.05, 0.1) is 0 Å². The summed E-state index contributed by atoms with van der Waals surface area (Å²) < 4.78 is 36.6. The predicted molar refractivity (Wildman–Crippen MR) is 56.4 cm³/mol. The maximum absolute atomic E-state index is 12.2. The minimum absolute atomic E-state index is 0. The van der Waals surface area contributed by atoms with Crippen LogP contribution < -0.4 is 5.73 Å². The molecule has 0 aromatic heterocycles. The van der Waals surface area contributed by atoms with Crippen LogP contribution in [0.3, 0.4) is 0 Å². The largest absolute Gasteiger partial charge is 0.407 e. The van der Waals surface area contributed by atoms with E-state index in [1.54, 1.807) is 6.92 Å². The van der Waals surface area contributed by atoms with E-state index in [4.69, 9.17) is 17.3 Å². The number of hydrogen-bond donors (Lipinski definition) is 1. The van der Waals surface area contributed by atoms with Gasteiger partial charge >= 0.3 is 6.18 Å². The fourth-order valence-electron chi connectivity index (χ4n) is 0.992. The van der Waals surface area contributed by atoms with Gasteiger partial charge in [0.15, 0.2) is 0 Å². The number of aryl methyl sites for hydroxylation is 1. The van der Waals surface area contributed by atoms with E-state index >= 15 is 0 Å². The van der Waals surface area contributed by atoms with E-state index in [0.717, 1.165) is 5.56 Å². The second-order valence-electron chi connectivity index (χ2n) is 3.03. The van der Waals surface area contributed by atoms with Crippen molar-refractivity contribution in [2.24, 2.45) is 5.73 Å². The molecule has 0 aliphatic heterocycles. The molecule has 0 spiro atoms. The first-order valence-electron chi connectivity index (χ1n) is 3.90. The minimum Gasteiger partial charge on any atom is -0.316 e. The van der Waals surface area contributed by atoms with Crippen LogP contribution in [0.25, 0.3) is 0 Å². The second kappa shape index (κ2) is 5.05. The number of rotatable bonds is 1. The van der Waals surface area contributed by atoms with Crippen molar-refractivity contribution in [1.82, 2.24) is 0 Å². The van der Waals surface area contributed by atoms with Crippen LogP contribution in [0.1, 0.15) is 17.2 Å². The normalized spacial score (nSPS) is 13.2. The van der Waals surface area contributed by atoms with Crippen molar-refractivity contribution in [3.05, 3.63) is 34.3 Å². The van der Waals surface area contributed by atoms with Crippen molar-refractivity contribution in [3.8, 4) is 0 Å². The SMILES string of the molecule is Cc1ccc([C@H](N)C(F)(F)F)cc1Cl.Cl. The summed E-state index contributed by atoms with van der Waals surface area (Å²) in [5, 5.41) is 0.294. The molecule has 0 aliphatic carbocycles. The molecule has 0 unspecified atom stereocenters. The first-order valence-corrected chi connectivity index (χ1v) is 4.28. The summed E-state index contributed by atoms with van der Waals surface area (Å²) in [7, 11) is 0. The molecule has 0 heterocycles. The van der Waals surface area contributed by atoms with Gasteiger partial charge in [-0.2, -0.15) is 13.2 Å². The Morgan fingerprint density at radius 3 is 2.27 bits per heavy atom. The molecule has 6 heteroatoms. The monoisotopic (exact) mass is 259 g/mol. The average molecular weight is 260 g/mol. The summed E-state index contributed by atoms with van der Waals surface area (Å²) in [6.45, 7) is 1.71. The van der Waals surface area contributed by atoms with E-state index < -0.39 is 12.2 Å². The van der Waals surface area contributed by atoms with Gasteiger partial charge in [-0.1, -0.05) is 23.7 Å². The fourth-order valence-corrected chi connectivity index (χ4v) is 1.18. The summed E-state index contributed by atoms with van der Waals surface area (Å²) in [5.74, 6) is 0. The van der Waals surface area contributed by atoms with E-state index in [1.165, 1.54) is 18.2 Å². The molecule has 1 nitrogen and oxygen atoms in total. The van der Waals surface area contributed by atoms with Crippen molar-refractivity contribution >= 4 is 24.0 Å². The van der Waals surface area contributed by atoms with E-state index in [-0.39, 0.29) is 18.0 Å². The lowest BCUT2D eigenvalue weighted by Gasteiger charge is -2.16. The van der Waals surface area contributed by atoms with Gasteiger partial charge in [0, 0.05) is 5.02 Å². The Balaban J connectivity index is 0.00000196. The molecule has 0 bridgehead atoms. The third-order valence-corrected chi connectivity index (χ3v) is 2.31. The molecule has 1 aromatic rings. The van der Waals surface area contributed by atoms with Gasteiger partial charge in [-0.25, -0.2) is 0 Å². The van der Waals surface area contributed by atoms with Gasteiger partial charge in [-0.15, -0.1) is 12.4 Å². The molecule has 0 aliphatic rings. The number of hydrogen-bond acceptors (Lipinski definition) is 1. The van der Waals surface area contributed by atoms with Gasteiger partial charge in [-0.3, -0.25) is 0 Å². The van der Waals surface area contributed by atoms with Crippen LogP contribution in [-0.2, 0) is 0 Å². The number of nitrogens with two attached hydrogens (primary N) is 1. The van der Waals surface area contributed by atoms with Crippen LogP contribution in [0, 0.1) is 6.92 Å². The van der Waals surface area contributed by atoms with E-state index in [0.29, 0.717) is 5.02 Å². The highest BCUT2D eigenvalue weighted by molar-refractivity contribution is 6.31. The summed E-state index contributed by atoms with van der Waals surface area (Å²) in [4.78, 5) is 0. The average Bonchev–Trinajstić information content (AvgIpc) is 2.07. The number of halogens is 5. The second-order valence-corrected chi connectivity index (χ2v) is 3.44. The summed E-state index contributed by atoms with van der Waals surface area (Å²) in [6.07, 6.45) is -4.43. The fraction of sp³-hybridized carbons (Fsp3) is 0.333. The van der Waals surface area contributed by atoms with Gasteiger partial charge in [-0.05, 0) is 24.1 Å². The van der Waals surface area contributed by atoms with Crippen molar-refractivity contribution in [2.45, 2.75) is 19.1 Å². The zero-order valence-electron chi connectivity index (χ0n) is 7.81. The Bertz CT molecular complexity index is 339. The topological polar surface area (TPSA) is 26.0 Å². The molecule has 0 amide bonds. The first-order chi connectivity index (χ1) is 6.32. The van der Waals surface area contributed by atoms with Crippen molar-refractivity contribution in [1.29, 1.82) is 0 Å². The van der Waals surface area contributed by atoms with Gasteiger partial charge in [0.2, 0.25) is 0 Å². The molecule has 1 aromatic carbocycles. The van der Waals surface area contributed by atoms with E-state index in [1.807, 2.05) is 0 Å². The predicted octanol–water partition coefficient (Wildman–Crippen LogP) is 3.63. The lowest BCUT2D eigenvalue weighted by Crippen LogP contribution is -2.28. The number of alkyl halides is 3. The van der Waals surface area contributed by atoms with E-state index in [9.17, 15) is 13.2 Å². The lowest BCUT2D eigenvalue weighted by atomic mass is 10.1. The van der Waals surface area contributed by atoms with Crippen LogP contribution in [0.5, 0.6) is 0 Å². The lowest BCUT2D eigenvalue weighted by molar-refractivity contribution is -0.149. The highest BCUT2D eigenvalue weighted by atomic mass is 35.5. The maximum atomic E-state index is 12.2. The molecule has 86 valence electrons. The standard InChI is InChI=1S/C9H9ClF3N.ClH/c1-5-2-3-6(4-7(5)10)8(14)9(11,12)13;/h2-4,8H,14H2,1H3;1H/t8-;/m0./s1. The zero-order valence-corrected chi connectivity index (χ0v) is 9.38. The molecule has 0 saturated carbocycles. The Morgan fingerprint density at radius 1 is 1.33 bits per heavy atom. The van der Waals surface area contributed by atoms with Crippen molar-refractivity contribution in [2.75, 3.05) is 0 Å². The van der Waals surface area contributed by atoms with Crippen LogP contribution in [-0.4, -0.2) is 6.18 Å². The summed E-state index contributed by atoms with van der Waals surface area (Å²) >= 11 is 5.69. The summed E-state index contributed by atoms with van der Waals surface area (Å²) in [5.41, 5.74) is 5.71. The molecule has 0 saturated heterocycles. The Kier molecular flexibility index (Phi) is 4.90. The van der Waals surface area contributed by atoms with Crippen LogP contribution >= 0.6 is 24.0 Å². The van der Waals surface area contributed by atoms with Gasteiger partial charge in [0.25, 0.3) is 0 Å². The Labute approximate surface area is 96.8 Å². The quantitative estimate of drug-likeness (QED) is 0.819. The van der Waals surface area contributed by atoms with Crippen molar-refractivity contribution < 1.29 is 13.2 Å². The molecular formula is C9H10Cl2F3N. The van der Waals surface area contributed by atoms with Gasteiger partial charge < -0.3 is 5.73 Å². The van der Waals surface area contributed by atoms with E-state index in [2.05, 4.69) is 0 Å². The molecule has 2 N–H and O–H groups in total. The smallest absolute Gasteiger partial charge is 0.316 e.